The van der Waals surface area contributed by atoms with E-state index in [1.807, 2.05) is 43.6 Å². The summed E-state index contributed by atoms with van der Waals surface area (Å²) < 4.78 is 5.44. The van der Waals surface area contributed by atoms with Crippen LogP contribution in [0.4, 0.5) is 0 Å². The van der Waals surface area contributed by atoms with Gasteiger partial charge in [-0.2, -0.15) is 0 Å². The lowest BCUT2D eigenvalue weighted by Gasteiger charge is -2.04. The van der Waals surface area contributed by atoms with Crippen molar-refractivity contribution in [3.05, 3.63) is 51.5 Å². The van der Waals surface area contributed by atoms with Crippen LogP contribution in [0.2, 0.25) is 0 Å². The average molecular weight is 275 g/mol. The smallest absolute Gasteiger partial charge is 0.188 e. The van der Waals surface area contributed by atoms with Crippen molar-refractivity contribution < 1.29 is 9.53 Å². The van der Waals surface area contributed by atoms with Crippen molar-refractivity contribution in [2.45, 2.75) is 20.3 Å². The zero-order valence-corrected chi connectivity index (χ0v) is 12.0. The zero-order chi connectivity index (χ0) is 13.7. The molecule has 0 atom stereocenters. The van der Waals surface area contributed by atoms with Crippen LogP contribution in [0.1, 0.15) is 26.5 Å². The first kappa shape index (κ1) is 13.9. The van der Waals surface area contributed by atoms with E-state index in [1.54, 1.807) is 11.3 Å². The number of aromatic nitrogens is 1. The third kappa shape index (κ3) is 3.98. The summed E-state index contributed by atoms with van der Waals surface area (Å²) in [6.07, 6.45) is 0.817. The fraction of sp³-hybridized carbons (Fsp3) is 0.333. The lowest BCUT2D eigenvalue weighted by atomic mass is 10.1. The number of benzene rings is 1. The molecular weight excluding hydrogens is 258 g/mol. The van der Waals surface area contributed by atoms with Gasteiger partial charge in [0.15, 0.2) is 5.78 Å². The van der Waals surface area contributed by atoms with Gasteiger partial charge in [0.2, 0.25) is 0 Å². The van der Waals surface area contributed by atoms with E-state index in [2.05, 4.69) is 4.98 Å². The number of carbonyl (C=O) groups is 1. The highest BCUT2D eigenvalue weighted by molar-refractivity contribution is 7.09. The Morgan fingerprint density at radius 1 is 1.26 bits per heavy atom. The lowest BCUT2D eigenvalue weighted by Crippen LogP contribution is -2.10. The summed E-state index contributed by atoms with van der Waals surface area (Å²) in [6.45, 7) is 4.69. The number of rotatable bonds is 6. The molecule has 0 saturated heterocycles. The molecule has 0 amide bonds. The highest BCUT2D eigenvalue weighted by Gasteiger charge is 2.06. The number of nitrogens with zero attached hydrogens (tertiary/aromatic N) is 1. The van der Waals surface area contributed by atoms with Gasteiger partial charge in [0, 0.05) is 16.9 Å². The number of hydrogen-bond donors (Lipinski definition) is 0. The molecule has 0 N–H and O–H groups in total. The van der Waals surface area contributed by atoms with Crippen molar-refractivity contribution >= 4 is 17.1 Å². The minimum Gasteiger partial charge on any atom is -0.373 e. The molecule has 19 heavy (non-hydrogen) atoms. The third-order valence-corrected chi connectivity index (χ3v) is 3.92. The Labute approximate surface area is 117 Å². The van der Waals surface area contributed by atoms with Crippen molar-refractivity contribution in [2.24, 2.45) is 0 Å². The molecule has 2 aromatic rings. The molecule has 1 heterocycles. The molecule has 1 aromatic heterocycles. The molecule has 0 saturated carbocycles. The van der Waals surface area contributed by atoms with Crippen LogP contribution in [0.5, 0.6) is 0 Å². The number of carbonyl (C=O) groups excluding carboxylic acids is 1. The molecule has 0 bridgehead atoms. The number of thiazole rings is 1. The molecule has 0 fully saturated rings. The predicted octanol–water partition coefficient (Wildman–Crippen LogP) is 3.20. The zero-order valence-electron chi connectivity index (χ0n) is 11.2. The van der Waals surface area contributed by atoms with Gasteiger partial charge in [-0.25, -0.2) is 4.98 Å². The quantitative estimate of drug-likeness (QED) is 0.600. The first-order chi connectivity index (χ1) is 9.16. The van der Waals surface area contributed by atoms with Crippen molar-refractivity contribution in [2.75, 3.05) is 13.2 Å². The molecule has 0 aliphatic carbocycles. The average Bonchev–Trinajstić information content (AvgIpc) is 2.81. The predicted molar refractivity (Wildman–Crippen MR) is 76.9 cm³/mol. The molecule has 3 nitrogen and oxygen atoms in total. The first-order valence-corrected chi connectivity index (χ1v) is 7.11. The van der Waals surface area contributed by atoms with Crippen LogP contribution in [0, 0.1) is 13.8 Å². The number of Topliss-reactive ketones (excluding diaryl/α,β-unsaturated/α-hetero) is 1. The SMILES string of the molecule is Cc1ccc(C(=O)COCCc2scnc2C)cc1. The molecule has 1 aromatic carbocycles. The van der Waals surface area contributed by atoms with Gasteiger partial charge in [-0.1, -0.05) is 29.8 Å². The minimum absolute atomic E-state index is 0.0287. The molecule has 0 aliphatic heterocycles. The Balaban J connectivity index is 1.75. The molecular formula is C15H17NO2S. The van der Waals surface area contributed by atoms with Crippen LogP contribution >= 0.6 is 11.3 Å². The van der Waals surface area contributed by atoms with Crippen LogP contribution in [0.25, 0.3) is 0 Å². The number of ether oxygens (including phenoxy) is 1. The summed E-state index contributed by atoms with van der Waals surface area (Å²) in [5, 5.41) is 0. The van der Waals surface area contributed by atoms with Crippen LogP contribution in [0.3, 0.4) is 0 Å². The monoisotopic (exact) mass is 275 g/mol. The third-order valence-electron chi connectivity index (χ3n) is 2.93. The van der Waals surface area contributed by atoms with Crippen LogP contribution in [-0.4, -0.2) is 24.0 Å². The summed E-state index contributed by atoms with van der Waals surface area (Å²) >= 11 is 1.63. The van der Waals surface area contributed by atoms with Gasteiger partial charge in [-0.15, -0.1) is 11.3 Å². The van der Waals surface area contributed by atoms with Crippen molar-refractivity contribution in [3.63, 3.8) is 0 Å². The first-order valence-electron chi connectivity index (χ1n) is 6.23. The molecule has 0 radical (unpaired) electrons. The Kier molecular flexibility index (Phi) is 4.82. The standard InChI is InChI=1S/C15H17NO2S/c1-11-3-5-13(6-4-11)14(17)9-18-8-7-15-12(2)16-10-19-15/h3-6,10H,7-9H2,1-2H3. The topological polar surface area (TPSA) is 39.2 Å². The Bertz CT molecular complexity index is 546. The second-order valence-corrected chi connectivity index (χ2v) is 5.39. The van der Waals surface area contributed by atoms with E-state index in [0.29, 0.717) is 12.2 Å². The van der Waals surface area contributed by atoms with Gasteiger partial charge in [0.1, 0.15) is 6.61 Å². The van der Waals surface area contributed by atoms with Gasteiger partial charge in [-0.05, 0) is 13.8 Å². The van der Waals surface area contributed by atoms with Crippen LogP contribution in [-0.2, 0) is 11.2 Å². The summed E-state index contributed by atoms with van der Waals surface area (Å²) in [6, 6.07) is 7.56. The normalized spacial score (nSPS) is 10.6. The van der Waals surface area contributed by atoms with E-state index < -0.39 is 0 Å². The second-order valence-electron chi connectivity index (χ2n) is 4.45. The van der Waals surface area contributed by atoms with Gasteiger partial charge >= 0.3 is 0 Å². The summed E-state index contributed by atoms with van der Waals surface area (Å²) in [5.41, 5.74) is 4.75. The fourth-order valence-electron chi connectivity index (χ4n) is 1.72. The lowest BCUT2D eigenvalue weighted by molar-refractivity contribution is 0.0766. The maximum atomic E-state index is 11.8. The van der Waals surface area contributed by atoms with Gasteiger partial charge < -0.3 is 4.74 Å². The number of aryl methyl sites for hydroxylation is 2. The maximum absolute atomic E-state index is 11.8. The Morgan fingerprint density at radius 3 is 2.63 bits per heavy atom. The largest absolute Gasteiger partial charge is 0.373 e. The number of hydrogen-bond acceptors (Lipinski definition) is 4. The van der Waals surface area contributed by atoms with E-state index in [4.69, 9.17) is 4.74 Å². The minimum atomic E-state index is 0.0287. The van der Waals surface area contributed by atoms with Crippen molar-refractivity contribution in [1.82, 2.24) is 4.98 Å². The highest BCUT2D eigenvalue weighted by Crippen LogP contribution is 2.12. The van der Waals surface area contributed by atoms with Gasteiger partial charge in [0.25, 0.3) is 0 Å². The van der Waals surface area contributed by atoms with E-state index in [0.717, 1.165) is 17.7 Å². The molecule has 100 valence electrons. The Morgan fingerprint density at radius 2 is 2.00 bits per heavy atom. The van der Waals surface area contributed by atoms with E-state index in [-0.39, 0.29) is 12.4 Å². The van der Waals surface area contributed by atoms with E-state index in [9.17, 15) is 4.79 Å². The summed E-state index contributed by atoms with van der Waals surface area (Å²) in [5.74, 6) is 0.0287. The van der Waals surface area contributed by atoms with E-state index >= 15 is 0 Å². The molecule has 2 rings (SSSR count). The molecule has 4 heteroatoms. The highest BCUT2D eigenvalue weighted by atomic mass is 32.1. The van der Waals surface area contributed by atoms with Gasteiger partial charge in [0.05, 0.1) is 17.8 Å². The van der Waals surface area contributed by atoms with Gasteiger partial charge in [-0.3, -0.25) is 4.79 Å². The molecule has 0 aliphatic rings. The van der Waals surface area contributed by atoms with E-state index in [1.165, 1.54) is 4.88 Å². The van der Waals surface area contributed by atoms with Crippen molar-refractivity contribution in [1.29, 1.82) is 0 Å². The van der Waals surface area contributed by atoms with Crippen LogP contribution in [0.15, 0.2) is 29.8 Å². The maximum Gasteiger partial charge on any atom is 0.188 e. The Hall–Kier alpha value is -1.52. The second kappa shape index (κ2) is 6.59. The van der Waals surface area contributed by atoms with Crippen molar-refractivity contribution in [3.8, 4) is 0 Å². The molecule has 0 unspecified atom stereocenters. The summed E-state index contributed by atoms with van der Waals surface area (Å²) in [7, 11) is 0. The summed E-state index contributed by atoms with van der Waals surface area (Å²) in [4.78, 5) is 17.3. The fourth-order valence-corrected chi connectivity index (χ4v) is 2.48. The molecule has 0 spiro atoms. The van der Waals surface area contributed by atoms with Crippen LogP contribution < -0.4 is 0 Å². The number of ketones is 1.